The van der Waals surface area contributed by atoms with Crippen LogP contribution in [-0.4, -0.2) is 41.8 Å². The molecule has 0 spiro atoms. The molecule has 0 saturated carbocycles. The summed E-state index contributed by atoms with van der Waals surface area (Å²) >= 11 is 0. The SMILES string of the molecule is Cc1cccc(C)c1C(CCNC1=C(c2ccccc2)S(=O)(=O)N(C(C)(C)C)C1=O)C(=O)O. The Balaban J connectivity index is 1.97. The molecule has 1 heterocycles. The molecule has 0 bridgehead atoms. The van der Waals surface area contributed by atoms with Gasteiger partial charge in [0.1, 0.15) is 10.6 Å². The Kier molecular flexibility index (Phi) is 6.70. The molecule has 1 amide bonds. The average Bonchev–Trinajstić information content (AvgIpc) is 2.91. The van der Waals surface area contributed by atoms with Crippen LogP contribution in [0.15, 0.2) is 54.2 Å². The Morgan fingerprint density at radius 3 is 2.12 bits per heavy atom. The second-order valence-corrected chi connectivity index (χ2v) is 11.0. The van der Waals surface area contributed by atoms with Crippen LogP contribution in [0.3, 0.4) is 0 Å². The van der Waals surface area contributed by atoms with Crippen molar-refractivity contribution in [3.63, 3.8) is 0 Å². The standard InChI is InChI=1S/C25H30N2O5S/c1-16-10-9-11-17(2)20(16)19(24(29)30)14-15-26-21-22(18-12-7-6-8-13-18)33(31,32)27(23(21)28)25(3,4)5/h6-13,19,26H,14-15H2,1-5H3,(H,29,30). The highest BCUT2D eigenvalue weighted by molar-refractivity contribution is 7.99. The molecule has 1 atom stereocenters. The Bertz CT molecular complexity index is 1190. The normalized spacial score (nSPS) is 16.8. The molecule has 2 N–H and O–H groups in total. The van der Waals surface area contributed by atoms with Gasteiger partial charge >= 0.3 is 5.97 Å². The van der Waals surface area contributed by atoms with E-state index in [1.165, 1.54) is 0 Å². The number of hydrogen-bond acceptors (Lipinski definition) is 5. The highest BCUT2D eigenvalue weighted by Gasteiger charge is 2.49. The molecular weight excluding hydrogens is 440 g/mol. The number of carbonyl (C=O) groups excluding carboxylic acids is 1. The van der Waals surface area contributed by atoms with Crippen molar-refractivity contribution in [3.05, 3.63) is 76.5 Å². The van der Waals surface area contributed by atoms with E-state index in [0.29, 0.717) is 5.56 Å². The number of benzene rings is 2. The van der Waals surface area contributed by atoms with Gasteiger partial charge in [-0.25, -0.2) is 12.7 Å². The van der Waals surface area contributed by atoms with Crippen molar-refractivity contribution >= 4 is 26.8 Å². The van der Waals surface area contributed by atoms with Gasteiger partial charge in [0.05, 0.1) is 11.5 Å². The van der Waals surface area contributed by atoms with E-state index >= 15 is 0 Å². The van der Waals surface area contributed by atoms with E-state index in [0.717, 1.165) is 21.0 Å². The summed E-state index contributed by atoms with van der Waals surface area (Å²) in [5.74, 6) is -2.39. The number of carbonyl (C=O) groups is 2. The lowest BCUT2D eigenvalue weighted by Crippen LogP contribution is -2.46. The molecule has 8 heteroatoms. The van der Waals surface area contributed by atoms with Crippen molar-refractivity contribution in [2.24, 2.45) is 0 Å². The van der Waals surface area contributed by atoms with Crippen LogP contribution in [0.2, 0.25) is 0 Å². The quantitative estimate of drug-likeness (QED) is 0.638. The molecule has 0 aromatic heterocycles. The van der Waals surface area contributed by atoms with Gasteiger partial charge < -0.3 is 10.4 Å². The number of nitrogens with one attached hydrogen (secondary N) is 1. The van der Waals surface area contributed by atoms with Crippen molar-refractivity contribution in [1.82, 2.24) is 9.62 Å². The molecule has 1 aliphatic rings. The van der Waals surface area contributed by atoms with Crippen LogP contribution in [0, 0.1) is 13.8 Å². The fraction of sp³-hybridized carbons (Fsp3) is 0.360. The number of aryl methyl sites for hydroxylation is 2. The summed E-state index contributed by atoms with van der Waals surface area (Å²) in [5.41, 5.74) is 1.92. The lowest BCUT2D eigenvalue weighted by Gasteiger charge is -2.30. The van der Waals surface area contributed by atoms with E-state index < -0.39 is 33.4 Å². The molecule has 33 heavy (non-hydrogen) atoms. The lowest BCUT2D eigenvalue weighted by molar-refractivity contribution is -0.139. The van der Waals surface area contributed by atoms with E-state index in [9.17, 15) is 23.1 Å². The van der Waals surface area contributed by atoms with Crippen LogP contribution in [0.1, 0.15) is 55.4 Å². The summed E-state index contributed by atoms with van der Waals surface area (Å²) < 4.78 is 27.7. The highest BCUT2D eigenvalue weighted by atomic mass is 32.2. The van der Waals surface area contributed by atoms with E-state index in [1.54, 1.807) is 51.1 Å². The predicted molar refractivity (Wildman–Crippen MR) is 128 cm³/mol. The van der Waals surface area contributed by atoms with Crippen molar-refractivity contribution in [3.8, 4) is 0 Å². The zero-order valence-electron chi connectivity index (χ0n) is 19.5. The largest absolute Gasteiger partial charge is 0.481 e. The summed E-state index contributed by atoms with van der Waals surface area (Å²) in [4.78, 5) is 25.2. The molecule has 0 radical (unpaired) electrons. The highest BCUT2D eigenvalue weighted by Crippen LogP contribution is 2.38. The number of hydrogen-bond donors (Lipinski definition) is 2. The second kappa shape index (κ2) is 9.02. The molecule has 1 aliphatic heterocycles. The maximum Gasteiger partial charge on any atom is 0.311 e. The minimum Gasteiger partial charge on any atom is -0.481 e. The molecule has 2 aromatic rings. The van der Waals surface area contributed by atoms with Gasteiger partial charge in [0.2, 0.25) is 0 Å². The molecule has 3 rings (SSSR count). The van der Waals surface area contributed by atoms with Crippen LogP contribution in [0.25, 0.3) is 4.91 Å². The predicted octanol–water partition coefficient (Wildman–Crippen LogP) is 3.79. The summed E-state index contributed by atoms with van der Waals surface area (Å²) in [5, 5.41) is 12.8. The van der Waals surface area contributed by atoms with Gasteiger partial charge in [-0.2, -0.15) is 0 Å². The first-order valence-electron chi connectivity index (χ1n) is 10.8. The van der Waals surface area contributed by atoms with Gasteiger partial charge in [-0.05, 0) is 63.3 Å². The smallest absolute Gasteiger partial charge is 0.311 e. The number of nitrogens with zero attached hydrogens (tertiary/aromatic N) is 1. The van der Waals surface area contributed by atoms with Crippen molar-refractivity contribution in [2.75, 3.05) is 6.54 Å². The Labute approximate surface area is 195 Å². The molecule has 0 saturated heterocycles. The molecule has 2 aromatic carbocycles. The molecular formula is C25H30N2O5S. The van der Waals surface area contributed by atoms with Gasteiger partial charge in [-0.3, -0.25) is 9.59 Å². The zero-order chi connectivity index (χ0) is 24.6. The fourth-order valence-electron chi connectivity index (χ4n) is 4.34. The average molecular weight is 471 g/mol. The Morgan fingerprint density at radius 1 is 1.03 bits per heavy atom. The third-order valence-corrected chi connectivity index (χ3v) is 7.84. The van der Waals surface area contributed by atoms with E-state index in [1.807, 2.05) is 32.0 Å². The molecule has 7 nitrogen and oxygen atoms in total. The summed E-state index contributed by atoms with van der Waals surface area (Å²) in [6.07, 6.45) is 0.190. The number of carboxylic acids is 1. The van der Waals surface area contributed by atoms with Crippen LogP contribution < -0.4 is 5.32 Å². The van der Waals surface area contributed by atoms with Gasteiger partial charge in [0, 0.05) is 6.54 Å². The maximum atomic E-state index is 13.4. The Morgan fingerprint density at radius 2 is 1.61 bits per heavy atom. The van der Waals surface area contributed by atoms with Gasteiger partial charge in [0.15, 0.2) is 0 Å². The van der Waals surface area contributed by atoms with Crippen LogP contribution in [0.4, 0.5) is 0 Å². The minimum absolute atomic E-state index is 0.0261. The summed E-state index contributed by atoms with van der Waals surface area (Å²) in [6, 6.07) is 14.1. The third kappa shape index (κ3) is 4.66. The van der Waals surface area contributed by atoms with E-state index in [-0.39, 0.29) is 23.6 Å². The van der Waals surface area contributed by atoms with Crippen LogP contribution in [-0.2, 0) is 19.6 Å². The first-order valence-corrected chi connectivity index (χ1v) is 12.2. The molecule has 0 aliphatic carbocycles. The third-order valence-electron chi connectivity index (χ3n) is 5.69. The van der Waals surface area contributed by atoms with Gasteiger partial charge in [0.25, 0.3) is 15.9 Å². The maximum absolute atomic E-state index is 13.4. The minimum atomic E-state index is -4.08. The van der Waals surface area contributed by atoms with E-state index in [4.69, 9.17) is 0 Å². The molecule has 176 valence electrons. The van der Waals surface area contributed by atoms with Crippen LogP contribution >= 0.6 is 0 Å². The summed E-state index contributed by atoms with van der Waals surface area (Å²) in [7, 11) is -4.08. The van der Waals surface area contributed by atoms with Crippen molar-refractivity contribution in [1.29, 1.82) is 0 Å². The van der Waals surface area contributed by atoms with Crippen LogP contribution in [0.5, 0.6) is 0 Å². The number of aliphatic carboxylic acids is 1. The lowest BCUT2D eigenvalue weighted by atomic mass is 9.88. The number of sulfonamides is 1. The van der Waals surface area contributed by atoms with Gasteiger partial charge in [-0.15, -0.1) is 0 Å². The number of rotatable bonds is 7. The van der Waals surface area contributed by atoms with Gasteiger partial charge in [-0.1, -0.05) is 48.5 Å². The Hall–Kier alpha value is -3.13. The summed E-state index contributed by atoms with van der Waals surface area (Å²) in [6.45, 7) is 8.85. The topological polar surface area (TPSA) is 104 Å². The molecule has 0 fully saturated rings. The fourth-order valence-corrected chi connectivity index (χ4v) is 6.41. The number of carboxylic acid groups (broad SMARTS) is 1. The first-order chi connectivity index (χ1) is 15.4. The van der Waals surface area contributed by atoms with Crippen molar-refractivity contribution < 1.29 is 23.1 Å². The molecule has 1 unspecified atom stereocenters. The second-order valence-electron chi connectivity index (χ2n) is 9.23. The van der Waals surface area contributed by atoms with Crippen molar-refractivity contribution in [2.45, 2.75) is 52.5 Å². The monoisotopic (exact) mass is 470 g/mol. The van der Waals surface area contributed by atoms with E-state index in [2.05, 4.69) is 5.32 Å². The number of amides is 1. The zero-order valence-corrected chi connectivity index (χ0v) is 20.4. The first kappa shape index (κ1) is 24.5.